The maximum absolute atomic E-state index is 11.4. The summed E-state index contributed by atoms with van der Waals surface area (Å²) < 4.78 is 0. The molecule has 0 atom stereocenters. The lowest BCUT2D eigenvalue weighted by Crippen LogP contribution is -2.33. The Morgan fingerprint density at radius 3 is 2.79 bits per heavy atom. The number of hydrogen-bond acceptors (Lipinski definition) is 4. The molecule has 0 fully saturated rings. The summed E-state index contributed by atoms with van der Waals surface area (Å²) in [5.41, 5.74) is 2.11. The van der Waals surface area contributed by atoms with Crippen LogP contribution in [0.25, 0.3) is 10.6 Å². The molecule has 1 aromatic carbocycles. The van der Waals surface area contributed by atoms with Crippen molar-refractivity contribution in [1.29, 1.82) is 0 Å². The standard InChI is InChI=1S/C14H14N2O2S/c1-9(17)16-7-6-12-13(8-16)19-14(15-12)10-2-4-11(18)5-3-10/h2-5,18H,6-8H2,1H3. The minimum absolute atomic E-state index is 0.116. The van der Waals surface area contributed by atoms with E-state index >= 15 is 0 Å². The van der Waals surface area contributed by atoms with Gasteiger partial charge in [-0.1, -0.05) is 0 Å². The van der Waals surface area contributed by atoms with Crippen LogP contribution in [0.1, 0.15) is 17.5 Å². The van der Waals surface area contributed by atoms with Gasteiger partial charge in [0.15, 0.2) is 0 Å². The zero-order chi connectivity index (χ0) is 13.4. The van der Waals surface area contributed by atoms with Gasteiger partial charge in [-0.05, 0) is 24.3 Å². The Morgan fingerprint density at radius 2 is 2.11 bits per heavy atom. The molecule has 0 unspecified atom stereocenters. The first-order chi connectivity index (χ1) is 9.13. The molecular formula is C14H14N2O2S. The summed E-state index contributed by atoms with van der Waals surface area (Å²) in [5, 5.41) is 10.3. The molecule has 0 bridgehead atoms. The van der Waals surface area contributed by atoms with E-state index in [0.717, 1.165) is 29.2 Å². The number of carbonyl (C=O) groups excluding carboxylic acids is 1. The highest BCUT2D eigenvalue weighted by Crippen LogP contribution is 2.32. The fourth-order valence-electron chi connectivity index (χ4n) is 2.19. The highest BCUT2D eigenvalue weighted by molar-refractivity contribution is 7.15. The zero-order valence-corrected chi connectivity index (χ0v) is 11.4. The number of fused-ring (bicyclic) bond motifs is 1. The Labute approximate surface area is 115 Å². The van der Waals surface area contributed by atoms with Crippen LogP contribution in [0.3, 0.4) is 0 Å². The molecule has 1 aromatic heterocycles. The van der Waals surface area contributed by atoms with Crippen LogP contribution in [0.15, 0.2) is 24.3 Å². The number of amides is 1. The summed E-state index contributed by atoms with van der Waals surface area (Å²) >= 11 is 1.63. The number of aromatic nitrogens is 1. The molecule has 2 heterocycles. The van der Waals surface area contributed by atoms with E-state index in [2.05, 4.69) is 4.98 Å². The minimum Gasteiger partial charge on any atom is -0.508 e. The van der Waals surface area contributed by atoms with Crippen molar-refractivity contribution in [3.05, 3.63) is 34.8 Å². The van der Waals surface area contributed by atoms with Gasteiger partial charge in [0, 0.05) is 30.3 Å². The average molecular weight is 274 g/mol. The molecule has 1 N–H and O–H groups in total. The van der Waals surface area contributed by atoms with Crippen molar-refractivity contribution in [3.8, 4) is 16.3 Å². The molecule has 0 saturated carbocycles. The monoisotopic (exact) mass is 274 g/mol. The van der Waals surface area contributed by atoms with Crippen LogP contribution in [0.2, 0.25) is 0 Å². The lowest BCUT2D eigenvalue weighted by molar-refractivity contribution is -0.129. The van der Waals surface area contributed by atoms with Gasteiger partial charge in [-0.25, -0.2) is 4.98 Å². The first-order valence-electron chi connectivity index (χ1n) is 6.17. The number of nitrogens with zero attached hydrogens (tertiary/aromatic N) is 2. The molecule has 1 aliphatic rings. The molecule has 1 aliphatic heterocycles. The number of carbonyl (C=O) groups is 1. The van der Waals surface area contributed by atoms with Crippen molar-refractivity contribution in [2.45, 2.75) is 19.9 Å². The summed E-state index contributed by atoms with van der Waals surface area (Å²) in [5.74, 6) is 0.373. The molecule has 0 radical (unpaired) electrons. The van der Waals surface area contributed by atoms with Gasteiger partial charge < -0.3 is 10.0 Å². The Hall–Kier alpha value is -1.88. The van der Waals surface area contributed by atoms with Crippen molar-refractivity contribution in [2.75, 3.05) is 6.54 Å². The van der Waals surface area contributed by atoms with E-state index in [9.17, 15) is 9.90 Å². The van der Waals surface area contributed by atoms with Crippen molar-refractivity contribution in [3.63, 3.8) is 0 Å². The summed E-state index contributed by atoms with van der Waals surface area (Å²) in [4.78, 5) is 19.1. The van der Waals surface area contributed by atoms with Crippen LogP contribution in [-0.2, 0) is 17.8 Å². The SMILES string of the molecule is CC(=O)N1CCc2nc(-c3ccc(O)cc3)sc2C1. The maximum Gasteiger partial charge on any atom is 0.219 e. The quantitative estimate of drug-likeness (QED) is 0.869. The van der Waals surface area contributed by atoms with Crippen LogP contribution < -0.4 is 0 Å². The fourth-order valence-corrected chi connectivity index (χ4v) is 3.32. The molecule has 0 aliphatic carbocycles. The third-order valence-electron chi connectivity index (χ3n) is 3.29. The molecule has 2 aromatic rings. The van der Waals surface area contributed by atoms with E-state index in [-0.39, 0.29) is 11.7 Å². The lowest BCUT2D eigenvalue weighted by atomic mass is 10.2. The van der Waals surface area contributed by atoms with E-state index < -0.39 is 0 Å². The van der Waals surface area contributed by atoms with Crippen molar-refractivity contribution < 1.29 is 9.90 Å². The predicted octanol–water partition coefficient (Wildman–Crippen LogP) is 2.42. The Kier molecular flexibility index (Phi) is 2.98. The third-order valence-corrected chi connectivity index (χ3v) is 4.42. The lowest BCUT2D eigenvalue weighted by Gasteiger charge is -2.24. The molecule has 19 heavy (non-hydrogen) atoms. The van der Waals surface area contributed by atoms with Gasteiger partial charge in [-0.15, -0.1) is 11.3 Å². The highest BCUT2D eigenvalue weighted by Gasteiger charge is 2.22. The van der Waals surface area contributed by atoms with Crippen LogP contribution in [0.4, 0.5) is 0 Å². The van der Waals surface area contributed by atoms with Gasteiger partial charge in [-0.2, -0.15) is 0 Å². The van der Waals surface area contributed by atoms with E-state index in [1.54, 1.807) is 30.4 Å². The first-order valence-corrected chi connectivity index (χ1v) is 6.98. The topological polar surface area (TPSA) is 53.4 Å². The average Bonchev–Trinajstić information content (AvgIpc) is 2.82. The second-order valence-corrected chi connectivity index (χ2v) is 5.71. The minimum atomic E-state index is 0.116. The molecule has 0 spiro atoms. The van der Waals surface area contributed by atoms with Crippen molar-refractivity contribution in [2.24, 2.45) is 0 Å². The van der Waals surface area contributed by atoms with Crippen molar-refractivity contribution in [1.82, 2.24) is 9.88 Å². The van der Waals surface area contributed by atoms with Gasteiger partial charge in [0.1, 0.15) is 10.8 Å². The number of benzene rings is 1. The summed E-state index contributed by atoms with van der Waals surface area (Å²) in [7, 11) is 0. The predicted molar refractivity (Wildman–Crippen MR) is 74.0 cm³/mol. The van der Waals surface area contributed by atoms with Gasteiger partial charge in [-0.3, -0.25) is 4.79 Å². The van der Waals surface area contributed by atoms with Gasteiger partial charge in [0.25, 0.3) is 0 Å². The molecule has 1 amide bonds. The second kappa shape index (κ2) is 4.66. The molecule has 4 nitrogen and oxygen atoms in total. The Bertz CT molecular complexity index is 619. The van der Waals surface area contributed by atoms with Crippen LogP contribution in [0, 0.1) is 0 Å². The van der Waals surface area contributed by atoms with E-state index in [1.165, 1.54) is 4.88 Å². The first kappa shape index (κ1) is 12.2. The number of phenols is 1. The fraction of sp³-hybridized carbons (Fsp3) is 0.286. The Morgan fingerprint density at radius 1 is 1.37 bits per heavy atom. The summed E-state index contributed by atoms with van der Waals surface area (Å²) in [6.07, 6.45) is 0.823. The summed E-state index contributed by atoms with van der Waals surface area (Å²) in [6.45, 7) is 3.02. The van der Waals surface area contributed by atoms with Gasteiger partial charge >= 0.3 is 0 Å². The summed E-state index contributed by atoms with van der Waals surface area (Å²) in [6, 6.07) is 7.06. The second-order valence-electron chi connectivity index (χ2n) is 4.63. The van der Waals surface area contributed by atoms with Gasteiger partial charge in [0.2, 0.25) is 5.91 Å². The van der Waals surface area contributed by atoms with E-state index in [0.29, 0.717) is 6.54 Å². The van der Waals surface area contributed by atoms with Crippen LogP contribution >= 0.6 is 11.3 Å². The molecule has 5 heteroatoms. The van der Waals surface area contributed by atoms with E-state index in [4.69, 9.17) is 0 Å². The highest BCUT2D eigenvalue weighted by atomic mass is 32.1. The van der Waals surface area contributed by atoms with Crippen molar-refractivity contribution >= 4 is 17.2 Å². The zero-order valence-electron chi connectivity index (χ0n) is 10.6. The number of phenolic OH excluding ortho intramolecular Hbond substituents is 1. The smallest absolute Gasteiger partial charge is 0.219 e. The number of hydrogen-bond donors (Lipinski definition) is 1. The largest absolute Gasteiger partial charge is 0.508 e. The Balaban J connectivity index is 1.91. The van der Waals surface area contributed by atoms with Gasteiger partial charge in [0.05, 0.1) is 12.2 Å². The maximum atomic E-state index is 11.4. The molecular weight excluding hydrogens is 260 g/mol. The number of thiazole rings is 1. The number of rotatable bonds is 1. The van der Waals surface area contributed by atoms with Crippen LogP contribution in [-0.4, -0.2) is 27.4 Å². The van der Waals surface area contributed by atoms with Crippen LogP contribution in [0.5, 0.6) is 5.75 Å². The third kappa shape index (κ3) is 2.33. The molecule has 3 rings (SSSR count). The normalized spacial score (nSPS) is 14.3. The molecule has 98 valence electrons. The number of aromatic hydroxyl groups is 1. The molecule has 0 saturated heterocycles. The van der Waals surface area contributed by atoms with E-state index in [1.807, 2.05) is 17.0 Å².